The molecular formula is C21H25ClN2O3. The van der Waals surface area contributed by atoms with Crippen molar-refractivity contribution in [2.24, 2.45) is 0 Å². The van der Waals surface area contributed by atoms with Gasteiger partial charge in [-0.1, -0.05) is 24.6 Å². The maximum Gasteiger partial charge on any atom is 0.251 e. The number of hydrogen-bond acceptors (Lipinski definition) is 3. The Morgan fingerprint density at radius 3 is 2.70 bits per heavy atom. The molecule has 0 saturated carbocycles. The first-order chi connectivity index (χ1) is 13.0. The monoisotopic (exact) mass is 388 g/mol. The molecule has 0 radical (unpaired) electrons. The summed E-state index contributed by atoms with van der Waals surface area (Å²) in [5.74, 6) is 0.486. The molecule has 2 rings (SSSR count). The standard InChI is InChI=1S/C21H25ClN2O3/c1-3-11-23-21(26)16-6-4-7-17(14-16)24-20(25)8-5-12-27-18-9-10-19(22)15(2)13-18/h4,6-7,9-10,13-14H,3,5,8,11-12H2,1-2H3,(H,23,26)(H,24,25). The highest BCUT2D eigenvalue weighted by molar-refractivity contribution is 6.31. The highest BCUT2D eigenvalue weighted by Crippen LogP contribution is 2.21. The van der Waals surface area contributed by atoms with Crippen LogP contribution >= 0.6 is 11.6 Å². The zero-order valence-corrected chi connectivity index (χ0v) is 16.4. The van der Waals surface area contributed by atoms with Crippen LogP contribution in [0.4, 0.5) is 5.69 Å². The van der Waals surface area contributed by atoms with Gasteiger partial charge in [-0.2, -0.15) is 0 Å². The molecule has 0 saturated heterocycles. The molecule has 5 nitrogen and oxygen atoms in total. The van der Waals surface area contributed by atoms with Crippen LogP contribution in [0.3, 0.4) is 0 Å². The molecule has 0 aliphatic rings. The third kappa shape index (κ3) is 6.94. The lowest BCUT2D eigenvalue weighted by atomic mass is 10.2. The van der Waals surface area contributed by atoms with Gasteiger partial charge in [0.15, 0.2) is 0 Å². The van der Waals surface area contributed by atoms with E-state index in [1.165, 1.54) is 0 Å². The molecule has 6 heteroatoms. The van der Waals surface area contributed by atoms with Crippen molar-refractivity contribution in [2.75, 3.05) is 18.5 Å². The SMILES string of the molecule is CCCNC(=O)c1cccc(NC(=O)CCCOc2ccc(Cl)c(C)c2)c1. The topological polar surface area (TPSA) is 67.4 Å². The van der Waals surface area contributed by atoms with E-state index in [-0.39, 0.29) is 11.8 Å². The van der Waals surface area contributed by atoms with E-state index in [0.29, 0.717) is 42.3 Å². The van der Waals surface area contributed by atoms with Crippen molar-refractivity contribution in [3.8, 4) is 5.75 Å². The molecule has 0 fully saturated rings. The number of amides is 2. The summed E-state index contributed by atoms with van der Waals surface area (Å²) in [7, 11) is 0. The third-order valence-electron chi connectivity index (χ3n) is 3.89. The van der Waals surface area contributed by atoms with Gasteiger partial charge < -0.3 is 15.4 Å². The maximum atomic E-state index is 12.1. The van der Waals surface area contributed by atoms with Crippen molar-refractivity contribution in [1.82, 2.24) is 5.32 Å². The molecule has 2 N–H and O–H groups in total. The first-order valence-corrected chi connectivity index (χ1v) is 9.44. The van der Waals surface area contributed by atoms with Gasteiger partial charge in [0.2, 0.25) is 5.91 Å². The van der Waals surface area contributed by atoms with Crippen molar-refractivity contribution in [3.05, 3.63) is 58.6 Å². The van der Waals surface area contributed by atoms with E-state index in [9.17, 15) is 9.59 Å². The summed E-state index contributed by atoms with van der Waals surface area (Å²) in [5, 5.41) is 6.34. The Balaban J connectivity index is 1.76. The Bertz CT molecular complexity index is 793. The molecule has 0 unspecified atom stereocenters. The summed E-state index contributed by atoms with van der Waals surface area (Å²) in [6.07, 6.45) is 1.79. The Hall–Kier alpha value is -2.53. The maximum absolute atomic E-state index is 12.1. The minimum atomic E-state index is -0.139. The van der Waals surface area contributed by atoms with Crippen molar-refractivity contribution in [2.45, 2.75) is 33.1 Å². The smallest absolute Gasteiger partial charge is 0.251 e. The van der Waals surface area contributed by atoms with Gasteiger partial charge in [0.25, 0.3) is 5.91 Å². The van der Waals surface area contributed by atoms with Crippen LogP contribution in [0.2, 0.25) is 5.02 Å². The largest absolute Gasteiger partial charge is 0.494 e. The number of carbonyl (C=O) groups excluding carboxylic acids is 2. The molecule has 27 heavy (non-hydrogen) atoms. The number of ether oxygens (including phenoxy) is 1. The van der Waals surface area contributed by atoms with Gasteiger partial charge in [-0.05, 0) is 61.7 Å². The fourth-order valence-corrected chi connectivity index (χ4v) is 2.55. The minimum Gasteiger partial charge on any atom is -0.494 e. The van der Waals surface area contributed by atoms with Gasteiger partial charge in [-0.25, -0.2) is 0 Å². The first kappa shape index (κ1) is 20.8. The van der Waals surface area contributed by atoms with Crippen LogP contribution < -0.4 is 15.4 Å². The molecule has 0 aromatic heterocycles. The van der Waals surface area contributed by atoms with Crippen LogP contribution in [-0.4, -0.2) is 25.0 Å². The lowest BCUT2D eigenvalue weighted by molar-refractivity contribution is -0.116. The summed E-state index contributed by atoms with van der Waals surface area (Å²) in [4.78, 5) is 24.1. The van der Waals surface area contributed by atoms with Crippen LogP contribution in [0.15, 0.2) is 42.5 Å². The quantitative estimate of drug-likeness (QED) is 0.617. The number of nitrogens with one attached hydrogen (secondary N) is 2. The van der Waals surface area contributed by atoms with E-state index < -0.39 is 0 Å². The first-order valence-electron chi connectivity index (χ1n) is 9.06. The normalized spacial score (nSPS) is 10.3. The van der Waals surface area contributed by atoms with Crippen molar-refractivity contribution in [3.63, 3.8) is 0 Å². The Morgan fingerprint density at radius 2 is 1.96 bits per heavy atom. The number of rotatable bonds is 9. The Morgan fingerprint density at radius 1 is 1.15 bits per heavy atom. The van der Waals surface area contributed by atoms with Crippen molar-refractivity contribution in [1.29, 1.82) is 0 Å². The van der Waals surface area contributed by atoms with Gasteiger partial charge in [0, 0.05) is 29.2 Å². The Labute approximate surface area is 165 Å². The Kier molecular flexibility index (Phi) is 8.14. The number of benzene rings is 2. The highest BCUT2D eigenvalue weighted by atomic mass is 35.5. The zero-order valence-electron chi connectivity index (χ0n) is 15.7. The molecule has 0 heterocycles. The highest BCUT2D eigenvalue weighted by Gasteiger charge is 2.08. The van der Waals surface area contributed by atoms with Crippen LogP contribution in [-0.2, 0) is 4.79 Å². The summed E-state index contributed by atoms with van der Waals surface area (Å²) < 4.78 is 5.64. The predicted octanol–water partition coefficient (Wildman–Crippen LogP) is 4.59. The second-order valence-corrected chi connectivity index (χ2v) is 6.66. The second kappa shape index (κ2) is 10.6. The average Bonchev–Trinajstić information content (AvgIpc) is 2.66. The summed E-state index contributed by atoms with van der Waals surface area (Å²) >= 11 is 5.98. The van der Waals surface area contributed by atoms with Gasteiger partial charge in [-0.15, -0.1) is 0 Å². The zero-order chi connectivity index (χ0) is 19.6. The molecule has 2 amide bonds. The van der Waals surface area contributed by atoms with E-state index in [1.54, 1.807) is 30.3 Å². The fourth-order valence-electron chi connectivity index (χ4n) is 2.43. The van der Waals surface area contributed by atoms with E-state index in [0.717, 1.165) is 17.7 Å². The molecule has 0 aliphatic carbocycles. The number of carbonyl (C=O) groups is 2. The lowest BCUT2D eigenvalue weighted by Gasteiger charge is -2.09. The molecule has 2 aromatic carbocycles. The second-order valence-electron chi connectivity index (χ2n) is 6.25. The average molecular weight is 389 g/mol. The van der Waals surface area contributed by atoms with Crippen molar-refractivity contribution < 1.29 is 14.3 Å². The molecule has 0 bridgehead atoms. The van der Waals surface area contributed by atoms with Gasteiger partial charge >= 0.3 is 0 Å². The third-order valence-corrected chi connectivity index (χ3v) is 4.31. The fraction of sp³-hybridized carbons (Fsp3) is 0.333. The predicted molar refractivity (Wildman–Crippen MR) is 109 cm³/mol. The van der Waals surface area contributed by atoms with E-state index in [4.69, 9.17) is 16.3 Å². The van der Waals surface area contributed by atoms with Gasteiger partial charge in [-0.3, -0.25) is 9.59 Å². The van der Waals surface area contributed by atoms with Crippen molar-refractivity contribution >= 4 is 29.1 Å². The summed E-state index contributed by atoms with van der Waals surface area (Å²) in [5.41, 5.74) is 2.09. The molecule has 144 valence electrons. The summed E-state index contributed by atoms with van der Waals surface area (Å²) in [6.45, 7) is 4.98. The number of anilines is 1. The van der Waals surface area contributed by atoms with Crippen LogP contribution in [0, 0.1) is 6.92 Å². The molecule has 0 atom stereocenters. The molecular weight excluding hydrogens is 364 g/mol. The van der Waals surface area contributed by atoms with Crippen LogP contribution in [0.25, 0.3) is 0 Å². The van der Waals surface area contributed by atoms with Crippen LogP contribution in [0.1, 0.15) is 42.1 Å². The number of hydrogen-bond donors (Lipinski definition) is 2. The number of aryl methyl sites for hydroxylation is 1. The van der Waals surface area contributed by atoms with Gasteiger partial charge in [0.1, 0.15) is 5.75 Å². The minimum absolute atomic E-state index is 0.114. The van der Waals surface area contributed by atoms with E-state index in [1.807, 2.05) is 26.0 Å². The van der Waals surface area contributed by atoms with Crippen LogP contribution in [0.5, 0.6) is 5.75 Å². The van der Waals surface area contributed by atoms with E-state index in [2.05, 4.69) is 10.6 Å². The summed E-state index contributed by atoms with van der Waals surface area (Å²) in [6, 6.07) is 12.4. The molecule has 0 aliphatic heterocycles. The molecule has 2 aromatic rings. The van der Waals surface area contributed by atoms with Gasteiger partial charge in [0.05, 0.1) is 6.61 Å². The lowest BCUT2D eigenvalue weighted by Crippen LogP contribution is -2.24. The molecule has 0 spiro atoms. The number of halogens is 1. The van der Waals surface area contributed by atoms with E-state index >= 15 is 0 Å².